The fraction of sp³-hybridized carbons (Fsp3) is 0.130. The number of nitrogens with one attached hydrogen (secondary N) is 2. The molecule has 0 atom stereocenters. The number of carbonyl (C=O) groups is 1. The second kappa shape index (κ2) is 10.8. The predicted molar refractivity (Wildman–Crippen MR) is 123 cm³/mol. The van der Waals surface area contributed by atoms with Crippen LogP contribution >= 0.6 is 12.2 Å². The molecule has 3 aromatic rings. The quantitative estimate of drug-likeness (QED) is 0.230. The summed E-state index contributed by atoms with van der Waals surface area (Å²) in [5.74, 6) is 0.163. The maximum absolute atomic E-state index is 12.3. The first-order valence-electron chi connectivity index (χ1n) is 9.65. The lowest BCUT2D eigenvalue weighted by Crippen LogP contribution is -2.34. The van der Waals surface area contributed by atoms with Gasteiger partial charge in [-0.25, -0.2) is 0 Å². The minimum absolute atomic E-state index is 0.0874. The van der Waals surface area contributed by atoms with Crippen molar-refractivity contribution in [3.05, 3.63) is 100 Å². The van der Waals surface area contributed by atoms with Gasteiger partial charge in [-0.05, 0) is 54.9 Å². The summed E-state index contributed by atoms with van der Waals surface area (Å²) in [6, 6.07) is 22.8. The van der Waals surface area contributed by atoms with Crippen molar-refractivity contribution in [3.8, 4) is 5.75 Å². The second-order valence-corrected chi connectivity index (χ2v) is 7.05. The van der Waals surface area contributed by atoms with Gasteiger partial charge >= 0.3 is 0 Å². The zero-order chi connectivity index (χ0) is 22.1. The summed E-state index contributed by atoms with van der Waals surface area (Å²) in [6.45, 7) is 0.537. The lowest BCUT2D eigenvalue weighted by molar-refractivity contribution is -0.384. The zero-order valence-corrected chi connectivity index (χ0v) is 17.4. The van der Waals surface area contributed by atoms with Crippen LogP contribution in [0.25, 0.3) is 0 Å². The van der Waals surface area contributed by atoms with Crippen LogP contribution in [0, 0.1) is 10.1 Å². The van der Waals surface area contributed by atoms with E-state index in [2.05, 4.69) is 22.8 Å². The molecule has 0 aromatic heterocycles. The van der Waals surface area contributed by atoms with Gasteiger partial charge in [-0.3, -0.25) is 20.2 Å². The Bertz CT molecular complexity index is 1060. The van der Waals surface area contributed by atoms with Crippen LogP contribution < -0.4 is 15.4 Å². The molecule has 0 heterocycles. The van der Waals surface area contributed by atoms with Crippen molar-refractivity contribution >= 4 is 34.6 Å². The standard InChI is InChI=1S/C23H21N3O4S/c27-22(18-12-14-19(15-13-18)26(28)29)25-23(31)24-20-10-4-5-11-21(20)30-16-6-9-17-7-2-1-3-8-17/h1-5,7-8,10-15H,6,9,16H2,(H2,24,25,27,31). The maximum atomic E-state index is 12.3. The van der Waals surface area contributed by atoms with Crippen LogP contribution in [0.5, 0.6) is 5.75 Å². The number of hydrogen-bond acceptors (Lipinski definition) is 5. The van der Waals surface area contributed by atoms with Crippen LogP contribution in [0.1, 0.15) is 22.3 Å². The summed E-state index contributed by atoms with van der Waals surface area (Å²) in [6.07, 6.45) is 1.78. The monoisotopic (exact) mass is 435 g/mol. The largest absolute Gasteiger partial charge is 0.491 e. The summed E-state index contributed by atoms with van der Waals surface area (Å²) in [5.41, 5.74) is 2.07. The van der Waals surface area contributed by atoms with Crippen LogP contribution in [-0.4, -0.2) is 22.5 Å². The molecule has 7 nitrogen and oxygen atoms in total. The minimum Gasteiger partial charge on any atom is -0.491 e. The molecule has 0 fully saturated rings. The fourth-order valence-electron chi connectivity index (χ4n) is 2.86. The Morgan fingerprint density at radius 1 is 0.968 bits per heavy atom. The highest BCUT2D eigenvalue weighted by Gasteiger charge is 2.12. The summed E-state index contributed by atoms with van der Waals surface area (Å²) >= 11 is 5.23. The van der Waals surface area contributed by atoms with Crippen molar-refractivity contribution in [3.63, 3.8) is 0 Å². The van der Waals surface area contributed by atoms with Gasteiger partial charge in [0.05, 0.1) is 17.2 Å². The van der Waals surface area contributed by atoms with Gasteiger partial charge < -0.3 is 10.1 Å². The van der Waals surface area contributed by atoms with Gasteiger partial charge in [-0.1, -0.05) is 42.5 Å². The molecule has 0 radical (unpaired) electrons. The lowest BCUT2D eigenvalue weighted by atomic mass is 10.1. The normalized spacial score (nSPS) is 10.2. The highest BCUT2D eigenvalue weighted by atomic mass is 32.1. The molecule has 0 aliphatic rings. The molecule has 1 amide bonds. The number of rotatable bonds is 8. The van der Waals surface area contributed by atoms with Crippen LogP contribution in [0.3, 0.4) is 0 Å². The molecule has 3 rings (SSSR count). The molecular formula is C23H21N3O4S. The highest BCUT2D eigenvalue weighted by molar-refractivity contribution is 7.80. The van der Waals surface area contributed by atoms with E-state index in [9.17, 15) is 14.9 Å². The second-order valence-electron chi connectivity index (χ2n) is 6.65. The van der Waals surface area contributed by atoms with E-state index in [1.54, 1.807) is 6.07 Å². The SMILES string of the molecule is O=C(NC(=S)Nc1ccccc1OCCCc1ccccc1)c1ccc([N+](=O)[O-])cc1. The first-order valence-corrected chi connectivity index (χ1v) is 10.1. The molecule has 0 saturated carbocycles. The average Bonchev–Trinajstić information content (AvgIpc) is 2.78. The Morgan fingerprint density at radius 3 is 2.35 bits per heavy atom. The molecule has 0 bridgehead atoms. The first kappa shape index (κ1) is 21.9. The van der Waals surface area contributed by atoms with E-state index in [-0.39, 0.29) is 16.4 Å². The number of ether oxygens (including phenoxy) is 1. The first-order chi connectivity index (χ1) is 15.0. The van der Waals surface area contributed by atoms with Crippen LogP contribution in [0.15, 0.2) is 78.9 Å². The summed E-state index contributed by atoms with van der Waals surface area (Å²) < 4.78 is 5.89. The highest BCUT2D eigenvalue weighted by Crippen LogP contribution is 2.24. The van der Waals surface area contributed by atoms with Crippen molar-refractivity contribution < 1.29 is 14.5 Å². The molecule has 0 saturated heterocycles. The van der Waals surface area contributed by atoms with Crippen molar-refractivity contribution in [1.29, 1.82) is 0 Å². The molecule has 3 aromatic carbocycles. The number of anilines is 1. The van der Waals surface area contributed by atoms with Crippen molar-refractivity contribution in [1.82, 2.24) is 5.32 Å². The molecule has 0 aliphatic heterocycles. The Balaban J connectivity index is 1.52. The van der Waals surface area contributed by atoms with Crippen molar-refractivity contribution in [2.24, 2.45) is 0 Å². The van der Waals surface area contributed by atoms with Gasteiger partial charge in [0.25, 0.3) is 11.6 Å². The van der Waals surface area contributed by atoms with E-state index in [1.807, 2.05) is 36.4 Å². The number of thiocarbonyl (C=S) groups is 1. The minimum atomic E-state index is -0.523. The predicted octanol–water partition coefficient (Wildman–Crippen LogP) is 4.73. The summed E-state index contributed by atoms with van der Waals surface area (Å²) in [7, 11) is 0. The summed E-state index contributed by atoms with van der Waals surface area (Å²) in [5, 5.41) is 16.4. The van der Waals surface area contributed by atoms with Gasteiger partial charge in [-0.2, -0.15) is 0 Å². The number of benzene rings is 3. The maximum Gasteiger partial charge on any atom is 0.269 e. The lowest BCUT2D eigenvalue weighted by Gasteiger charge is -2.14. The number of para-hydroxylation sites is 2. The Morgan fingerprint density at radius 2 is 1.65 bits per heavy atom. The van der Waals surface area contributed by atoms with E-state index in [0.29, 0.717) is 18.0 Å². The number of nitro benzene ring substituents is 1. The van der Waals surface area contributed by atoms with E-state index < -0.39 is 10.8 Å². The molecule has 0 unspecified atom stereocenters. The number of carbonyl (C=O) groups excluding carboxylic acids is 1. The third kappa shape index (κ3) is 6.61. The smallest absolute Gasteiger partial charge is 0.269 e. The Hall–Kier alpha value is -3.78. The van der Waals surface area contributed by atoms with E-state index in [4.69, 9.17) is 17.0 Å². The van der Waals surface area contributed by atoms with E-state index in [1.165, 1.54) is 29.8 Å². The topological polar surface area (TPSA) is 93.5 Å². The van der Waals surface area contributed by atoms with Crippen LogP contribution in [-0.2, 0) is 6.42 Å². The van der Waals surface area contributed by atoms with E-state index in [0.717, 1.165) is 12.8 Å². The van der Waals surface area contributed by atoms with E-state index >= 15 is 0 Å². The number of hydrogen-bond donors (Lipinski definition) is 2. The van der Waals surface area contributed by atoms with Crippen molar-refractivity contribution in [2.75, 3.05) is 11.9 Å². The number of nitrogens with zero attached hydrogens (tertiary/aromatic N) is 1. The van der Waals surface area contributed by atoms with Crippen molar-refractivity contribution in [2.45, 2.75) is 12.8 Å². The Kier molecular flexibility index (Phi) is 7.67. The Labute approximate surface area is 185 Å². The van der Waals surface area contributed by atoms with Gasteiger partial charge in [0.15, 0.2) is 5.11 Å². The molecule has 0 aliphatic carbocycles. The van der Waals surface area contributed by atoms with Crippen LogP contribution in [0.2, 0.25) is 0 Å². The molecule has 8 heteroatoms. The third-order valence-corrected chi connectivity index (χ3v) is 4.62. The fourth-order valence-corrected chi connectivity index (χ4v) is 3.06. The number of amides is 1. The zero-order valence-electron chi connectivity index (χ0n) is 16.6. The molecule has 0 spiro atoms. The number of aryl methyl sites for hydroxylation is 1. The average molecular weight is 436 g/mol. The molecular weight excluding hydrogens is 414 g/mol. The number of nitro groups is 1. The molecule has 2 N–H and O–H groups in total. The van der Waals surface area contributed by atoms with Gasteiger partial charge in [-0.15, -0.1) is 0 Å². The number of non-ortho nitro benzene ring substituents is 1. The van der Waals surface area contributed by atoms with Gasteiger partial charge in [0.1, 0.15) is 5.75 Å². The molecule has 158 valence electrons. The summed E-state index contributed by atoms with van der Waals surface area (Å²) in [4.78, 5) is 22.5. The van der Waals surface area contributed by atoms with Gasteiger partial charge in [0, 0.05) is 17.7 Å². The van der Waals surface area contributed by atoms with Crippen LogP contribution in [0.4, 0.5) is 11.4 Å². The molecule has 31 heavy (non-hydrogen) atoms. The van der Waals surface area contributed by atoms with Gasteiger partial charge in [0.2, 0.25) is 0 Å². The third-order valence-electron chi connectivity index (χ3n) is 4.41.